The SMILES string of the molecule is CC1CCN(CC(=O)NCC(O)c2ccccc2F)CC1. The van der Waals surface area contributed by atoms with Crippen LogP contribution in [0.25, 0.3) is 0 Å². The summed E-state index contributed by atoms with van der Waals surface area (Å²) >= 11 is 0. The fourth-order valence-electron chi connectivity index (χ4n) is 2.54. The highest BCUT2D eigenvalue weighted by atomic mass is 19.1. The number of nitrogens with one attached hydrogen (secondary N) is 1. The first-order valence-electron chi connectivity index (χ1n) is 7.48. The molecule has 5 heteroatoms. The van der Waals surface area contributed by atoms with Crippen molar-refractivity contribution in [3.05, 3.63) is 35.6 Å². The van der Waals surface area contributed by atoms with Gasteiger partial charge in [0.25, 0.3) is 0 Å². The van der Waals surface area contributed by atoms with Gasteiger partial charge in [-0.05, 0) is 37.9 Å². The maximum absolute atomic E-state index is 13.5. The van der Waals surface area contributed by atoms with E-state index in [0.717, 1.165) is 31.8 Å². The van der Waals surface area contributed by atoms with Gasteiger partial charge in [-0.15, -0.1) is 0 Å². The number of halogens is 1. The zero-order valence-electron chi connectivity index (χ0n) is 12.4. The Hall–Kier alpha value is -1.46. The molecule has 0 spiro atoms. The normalized spacial score (nSPS) is 18.4. The van der Waals surface area contributed by atoms with E-state index in [1.54, 1.807) is 12.1 Å². The predicted octanol–water partition coefficient (Wildman–Crippen LogP) is 1.71. The van der Waals surface area contributed by atoms with Crippen molar-refractivity contribution in [1.29, 1.82) is 0 Å². The summed E-state index contributed by atoms with van der Waals surface area (Å²) in [6.07, 6.45) is 1.22. The zero-order valence-corrected chi connectivity index (χ0v) is 12.4. The van der Waals surface area contributed by atoms with Gasteiger partial charge in [-0.2, -0.15) is 0 Å². The Morgan fingerprint density at radius 2 is 2.10 bits per heavy atom. The first kappa shape index (κ1) is 15.9. The van der Waals surface area contributed by atoms with Crippen LogP contribution in [0.15, 0.2) is 24.3 Å². The summed E-state index contributed by atoms with van der Waals surface area (Å²) < 4.78 is 13.5. The molecule has 1 fully saturated rings. The highest BCUT2D eigenvalue weighted by molar-refractivity contribution is 5.78. The van der Waals surface area contributed by atoms with Crippen molar-refractivity contribution in [3.8, 4) is 0 Å². The van der Waals surface area contributed by atoms with Crippen LogP contribution in [-0.4, -0.2) is 42.1 Å². The Bertz CT molecular complexity index is 473. The topological polar surface area (TPSA) is 52.6 Å². The Kier molecular flexibility index (Phi) is 5.70. The monoisotopic (exact) mass is 294 g/mol. The van der Waals surface area contributed by atoms with Crippen molar-refractivity contribution in [1.82, 2.24) is 10.2 Å². The van der Waals surface area contributed by atoms with E-state index in [0.29, 0.717) is 6.54 Å². The number of nitrogens with zero attached hydrogens (tertiary/aromatic N) is 1. The summed E-state index contributed by atoms with van der Waals surface area (Å²) in [5.74, 6) is 0.149. The van der Waals surface area contributed by atoms with Crippen molar-refractivity contribution < 1.29 is 14.3 Å². The summed E-state index contributed by atoms with van der Waals surface area (Å²) in [7, 11) is 0. The molecule has 0 bridgehead atoms. The molecule has 116 valence electrons. The van der Waals surface area contributed by atoms with E-state index in [2.05, 4.69) is 17.1 Å². The second-order valence-corrected chi connectivity index (χ2v) is 5.80. The molecule has 1 heterocycles. The van der Waals surface area contributed by atoms with Gasteiger partial charge in [0.05, 0.1) is 12.6 Å². The minimum absolute atomic E-state index is 0.0318. The van der Waals surface area contributed by atoms with E-state index in [4.69, 9.17) is 0 Å². The number of aliphatic hydroxyl groups excluding tert-OH is 1. The lowest BCUT2D eigenvalue weighted by Crippen LogP contribution is -2.42. The van der Waals surface area contributed by atoms with Crippen molar-refractivity contribution in [2.24, 2.45) is 5.92 Å². The number of aliphatic hydroxyl groups is 1. The van der Waals surface area contributed by atoms with Crippen molar-refractivity contribution >= 4 is 5.91 Å². The molecule has 1 aromatic rings. The van der Waals surface area contributed by atoms with Gasteiger partial charge < -0.3 is 10.4 Å². The largest absolute Gasteiger partial charge is 0.386 e. The molecule has 1 aliphatic heterocycles. The number of amides is 1. The molecule has 0 aliphatic carbocycles. The molecule has 1 unspecified atom stereocenters. The fraction of sp³-hybridized carbons (Fsp3) is 0.562. The number of carbonyl (C=O) groups is 1. The number of hydrogen-bond acceptors (Lipinski definition) is 3. The Balaban J connectivity index is 1.75. The number of benzene rings is 1. The lowest BCUT2D eigenvalue weighted by molar-refractivity contribution is -0.123. The first-order chi connectivity index (χ1) is 10.1. The molecular weight excluding hydrogens is 271 g/mol. The molecular formula is C16H23FN2O2. The standard InChI is InChI=1S/C16H23FN2O2/c1-12-6-8-19(9-7-12)11-16(21)18-10-15(20)13-4-2-3-5-14(13)17/h2-5,12,15,20H,6-11H2,1H3,(H,18,21). The summed E-state index contributed by atoms with van der Waals surface area (Å²) in [5, 5.41) is 12.6. The van der Waals surface area contributed by atoms with Gasteiger partial charge in [0.1, 0.15) is 5.82 Å². The molecule has 1 aliphatic rings. The highest BCUT2D eigenvalue weighted by Crippen LogP contribution is 2.16. The van der Waals surface area contributed by atoms with E-state index in [-0.39, 0.29) is 18.0 Å². The highest BCUT2D eigenvalue weighted by Gasteiger charge is 2.19. The first-order valence-corrected chi connectivity index (χ1v) is 7.48. The lowest BCUT2D eigenvalue weighted by Gasteiger charge is -2.29. The second-order valence-electron chi connectivity index (χ2n) is 5.80. The summed E-state index contributed by atoms with van der Waals surface area (Å²) in [5.41, 5.74) is 0.213. The number of hydrogen-bond donors (Lipinski definition) is 2. The second kappa shape index (κ2) is 7.52. The van der Waals surface area contributed by atoms with Crippen LogP contribution in [0, 0.1) is 11.7 Å². The molecule has 4 nitrogen and oxygen atoms in total. The van der Waals surface area contributed by atoms with Gasteiger partial charge in [0.2, 0.25) is 5.91 Å². The average Bonchev–Trinajstić information content (AvgIpc) is 2.48. The molecule has 1 atom stereocenters. The van der Waals surface area contributed by atoms with E-state index in [9.17, 15) is 14.3 Å². The van der Waals surface area contributed by atoms with Gasteiger partial charge in [-0.1, -0.05) is 25.1 Å². The van der Waals surface area contributed by atoms with Gasteiger partial charge >= 0.3 is 0 Å². The summed E-state index contributed by atoms with van der Waals surface area (Å²) in [4.78, 5) is 14.0. The van der Waals surface area contributed by atoms with Crippen molar-refractivity contribution in [3.63, 3.8) is 0 Å². The lowest BCUT2D eigenvalue weighted by atomic mass is 9.99. The zero-order chi connectivity index (χ0) is 15.2. The van der Waals surface area contributed by atoms with Crippen LogP contribution in [0.4, 0.5) is 4.39 Å². The smallest absolute Gasteiger partial charge is 0.234 e. The van der Waals surface area contributed by atoms with Gasteiger partial charge in [0.15, 0.2) is 0 Å². The van der Waals surface area contributed by atoms with Crippen molar-refractivity contribution in [2.45, 2.75) is 25.9 Å². The summed E-state index contributed by atoms with van der Waals surface area (Å²) in [6, 6.07) is 6.06. The van der Waals surface area contributed by atoms with E-state index >= 15 is 0 Å². The molecule has 0 radical (unpaired) electrons. The molecule has 2 rings (SSSR count). The molecule has 0 saturated carbocycles. The van der Waals surface area contributed by atoms with Gasteiger partial charge in [-0.3, -0.25) is 9.69 Å². The van der Waals surface area contributed by atoms with Crippen LogP contribution in [0.5, 0.6) is 0 Å². The quantitative estimate of drug-likeness (QED) is 0.869. The average molecular weight is 294 g/mol. The number of likely N-dealkylation sites (tertiary alicyclic amines) is 1. The molecule has 1 amide bonds. The number of rotatable bonds is 5. The minimum atomic E-state index is -1.02. The van der Waals surface area contributed by atoms with Crippen LogP contribution in [0.1, 0.15) is 31.4 Å². The molecule has 21 heavy (non-hydrogen) atoms. The molecule has 0 aromatic heterocycles. The molecule has 2 N–H and O–H groups in total. The van der Waals surface area contributed by atoms with E-state index < -0.39 is 11.9 Å². The van der Waals surface area contributed by atoms with Crippen molar-refractivity contribution in [2.75, 3.05) is 26.2 Å². The maximum Gasteiger partial charge on any atom is 0.234 e. The third-order valence-corrected chi connectivity index (χ3v) is 4.00. The Labute approximate surface area is 125 Å². The van der Waals surface area contributed by atoms with Crippen LogP contribution in [0.3, 0.4) is 0 Å². The van der Waals surface area contributed by atoms with Crippen LogP contribution < -0.4 is 5.32 Å². The molecule has 1 aromatic carbocycles. The van der Waals surface area contributed by atoms with Gasteiger partial charge in [0, 0.05) is 12.1 Å². The van der Waals surface area contributed by atoms with Gasteiger partial charge in [-0.25, -0.2) is 4.39 Å². The minimum Gasteiger partial charge on any atom is -0.386 e. The Morgan fingerprint density at radius 1 is 1.43 bits per heavy atom. The number of piperidine rings is 1. The maximum atomic E-state index is 13.5. The third kappa shape index (κ3) is 4.79. The Morgan fingerprint density at radius 3 is 2.76 bits per heavy atom. The van der Waals surface area contributed by atoms with E-state index in [1.807, 2.05) is 0 Å². The predicted molar refractivity (Wildman–Crippen MR) is 79.2 cm³/mol. The fourth-order valence-corrected chi connectivity index (χ4v) is 2.54. The summed E-state index contributed by atoms with van der Waals surface area (Å²) in [6.45, 7) is 4.47. The van der Waals surface area contributed by atoms with Crippen LogP contribution >= 0.6 is 0 Å². The van der Waals surface area contributed by atoms with Crippen LogP contribution in [0.2, 0.25) is 0 Å². The van der Waals surface area contributed by atoms with E-state index in [1.165, 1.54) is 12.1 Å². The number of carbonyl (C=O) groups excluding carboxylic acids is 1. The van der Waals surface area contributed by atoms with Crippen LogP contribution in [-0.2, 0) is 4.79 Å². The third-order valence-electron chi connectivity index (χ3n) is 4.00. The molecule has 1 saturated heterocycles.